The first-order valence-corrected chi connectivity index (χ1v) is 6.56. The summed E-state index contributed by atoms with van der Waals surface area (Å²) in [5.74, 6) is -0.433. The van der Waals surface area contributed by atoms with Crippen LogP contribution in [0, 0.1) is 29.8 Å². The van der Waals surface area contributed by atoms with Crippen LogP contribution in [-0.2, 0) is 0 Å². The quantitative estimate of drug-likeness (QED) is 0.480. The predicted octanol–water partition coefficient (Wildman–Crippen LogP) is 3.61. The number of hydrogen-bond donors (Lipinski definition) is 0. The van der Waals surface area contributed by atoms with Crippen LogP contribution in [0.1, 0.15) is 21.5 Å². The third-order valence-electron chi connectivity index (χ3n) is 3.28. The first-order chi connectivity index (χ1) is 10.4. The minimum atomic E-state index is -0.497. The zero-order valence-corrected chi connectivity index (χ0v) is 12.1. The van der Waals surface area contributed by atoms with Crippen LogP contribution >= 0.6 is 0 Å². The topological polar surface area (TPSA) is 69.4 Å². The molecular formula is C16H14FNO4. The van der Waals surface area contributed by atoms with E-state index in [2.05, 4.69) is 0 Å². The van der Waals surface area contributed by atoms with Gasteiger partial charge in [0.15, 0.2) is 12.4 Å². The Bertz CT molecular complexity index is 726. The van der Waals surface area contributed by atoms with Gasteiger partial charge in [-0.2, -0.15) is 0 Å². The number of nitro benzene ring substituents is 1. The van der Waals surface area contributed by atoms with E-state index in [-0.39, 0.29) is 18.1 Å². The molecule has 2 rings (SSSR count). The van der Waals surface area contributed by atoms with Crippen LogP contribution in [-0.4, -0.2) is 17.3 Å². The summed E-state index contributed by atoms with van der Waals surface area (Å²) in [4.78, 5) is 22.4. The van der Waals surface area contributed by atoms with Gasteiger partial charge in [-0.25, -0.2) is 4.39 Å². The number of Topliss-reactive ketones (excluding diaryl/α,β-unsaturated/α-hetero) is 1. The molecule has 2 aromatic rings. The van der Waals surface area contributed by atoms with Gasteiger partial charge in [-0.1, -0.05) is 0 Å². The van der Waals surface area contributed by atoms with Gasteiger partial charge in [0.05, 0.1) is 10.5 Å². The lowest BCUT2D eigenvalue weighted by Crippen LogP contribution is -2.13. The highest BCUT2D eigenvalue weighted by atomic mass is 19.1. The molecule has 0 atom stereocenters. The third-order valence-corrected chi connectivity index (χ3v) is 3.28. The fraction of sp³-hybridized carbons (Fsp3) is 0.188. The van der Waals surface area contributed by atoms with Gasteiger partial charge in [0.1, 0.15) is 11.6 Å². The van der Waals surface area contributed by atoms with E-state index in [1.54, 1.807) is 19.9 Å². The molecular weight excluding hydrogens is 289 g/mol. The Morgan fingerprint density at radius 2 is 1.82 bits per heavy atom. The highest BCUT2D eigenvalue weighted by molar-refractivity contribution is 5.97. The molecule has 5 nitrogen and oxygen atoms in total. The first-order valence-electron chi connectivity index (χ1n) is 6.56. The average molecular weight is 303 g/mol. The molecule has 0 aromatic heterocycles. The van der Waals surface area contributed by atoms with Gasteiger partial charge in [0.2, 0.25) is 0 Å². The number of aryl methyl sites for hydroxylation is 1. The summed E-state index contributed by atoms with van der Waals surface area (Å²) in [5, 5.41) is 10.9. The molecule has 0 saturated heterocycles. The van der Waals surface area contributed by atoms with Crippen molar-refractivity contribution in [2.45, 2.75) is 13.8 Å². The zero-order chi connectivity index (χ0) is 16.3. The number of nitrogens with zero attached hydrogens (tertiary/aromatic N) is 1. The highest BCUT2D eigenvalue weighted by Crippen LogP contribution is 2.30. The molecule has 0 N–H and O–H groups in total. The zero-order valence-electron chi connectivity index (χ0n) is 12.1. The van der Waals surface area contributed by atoms with Crippen molar-refractivity contribution in [2.75, 3.05) is 6.61 Å². The maximum absolute atomic E-state index is 12.8. The maximum Gasteiger partial charge on any atom is 0.276 e. The number of ether oxygens (including phenoxy) is 1. The molecule has 0 aliphatic carbocycles. The van der Waals surface area contributed by atoms with Crippen LogP contribution in [0.5, 0.6) is 5.75 Å². The summed E-state index contributed by atoms with van der Waals surface area (Å²) in [7, 11) is 0. The maximum atomic E-state index is 12.8. The molecule has 0 aliphatic heterocycles. The van der Waals surface area contributed by atoms with Crippen LogP contribution in [0.3, 0.4) is 0 Å². The van der Waals surface area contributed by atoms with Crippen molar-refractivity contribution in [1.29, 1.82) is 0 Å². The molecule has 0 unspecified atom stereocenters. The largest absolute Gasteiger partial charge is 0.485 e. The number of hydrogen-bond acceptors (Lipinski definition) is 4. The van der Waals surface area contributed by atoms with Gasteiger partial charge in [0.25, 0.3) is 5.69 Å². The van der Waals surface area contributed by atoms with E-state index in [1.165, 1.54) is 30.3 Å². The molecule has 22 heavy (non-hydrogen) atoms. The van der Waals surface area contributed by atoms with E-state index >= 15 is 0 Å². The molecule has 6 heteroatoms. The van der Waals surface area contributed by atoms with Gasteiger partial charge in [-0.3, -0.25) is 14.9 Å². The molecule has 0 radical (unpaired) electrons. The number of nitro groups is 1. The Labute approximate surface area is 126 Å². The van der Waals surface area contributed by atoms with Crippen molar-refractivity contribution in [3.05, 3.63) is 69.0 Å². The van der Waals surface area contributed by atoms with Crippen LogP contribution in [0.2, 0.25) is 0 Å². The van der Waals surface area contributed by atoms with E-state index in [4.69, 9.17) is 4.74 Å². The van der Waals surface area contributed by atoms with E-state index in [0.717, 1.165) is 0 Å². The second-order valence-electron chi connectivity index (χ2n) is 4.83. The van der Waals surface area contributed by atoms with E-state index in [1.807, 2.05) is 0 Å². The summed E-state index contributed by atoms with van der Waals surface area (Å²) in [6.45, 7) is 3.05. The Hall–Kier alpha value is -2.76. The number of benzene rings is 2. The number of carbonyl (C=O) groups is 1. The number of rotatable bonds is 5. The molecule has 0 heterocycles. The van der Waals surface area contributed by atoms with Crippen molar-refractivity contribution in [1.82, 2.24) is 0 Å². The second kappa shape index (κ2) is 6.34. The van der Waals surface area contributed by atoms with Crippen molar-refractivity contribution in [3.8, 4) is 5.75 Å². The first kappa shape index (κ1) is 15.6. The predicted molar refractivity (Wildman–Crippen MR) is 78.8 cm³/mol. The molecule has 0 saturated carbocycles. The van der Waals surface area contributed by atoms with Gasteiger partial charge in [-0.15, -0.1) is 0 Å². The van der Waals surface area contributed by atoms with Crippen molar-refractivity contribution >= 4 is 11.5 Å². The Kier molecular flexibility index (Phi) is 4.50. The van der Waals surface area contributed by atoms with Crippen LogP contribution in [0.15, 0.2) is 36.4 Å². The van der Waals surface area contributed by atoms with Crippen molar-refractivity contribution in [2.24, 2.45) is 0 Å². The SMILES string of the molecule is Cc1ccc([N+](=O)[O-])c(C)c1OCC(=O)c1ccc(F)cc1. The number of halogens is 1. The third kappa shape index (κ3) is 3.28. The molecule has 0 bridgehead atoms. The Morgan fingerprint density at radius 1 is 1.18 bits per heavy atom. The summed E-state index contributed by atoms with van der Waals surface area (Å²) < 4.78 is 18.3. The lowest BCUT2D eigenvalue weighted by atomic mass is 10.1. The minimum absolute atomic E-state index is 0.0603. The van der Waals surface area contributed by atoms with Gasteiger partial charge >= 0.3 is 0 Å². The number of ketones is 1. The summed E-state index contributed by atoms with van der Waals surface area (Å²) in [6, 6.07) is 8.10. The molecule has 0 aliphatic rings. The fourth-order valence-corrected chi connectivity index (χ4v) is 2.09. The standard InChI is InChI=1S/C16H14FNO4/c1-10-3-8-14(18(20)21)11(2)16(10)22-9-15(19)12-4-6-13(17)7-5-12/h3-8H,9H2,1-2H3. The van der Waals surface area contributed by atoms with Gasteiger partial charge in [0, 0.05) is 11.6 Å². The van der Waals surface area contributed by atoms with Crippen LogP contribution < -0.4 is 4.74 Å². The summed E-state index contributed by atoms with van der Waals surface area (Å²) in [6.07, 6.45) is 0. The second-order valence-corrected chi connectivity index (χ2v) is 4.83. The monoisotopic (exact) mass is 303 g/mol. The van der Waals surface area contributed by atoms with E-state index in [0.29, 0.717) is 22.4 Å². The smallest absolute Gasteiger partial charge is 0.276 e. The van der Waals surface area contributed by atoms with Crippen molar-refractivity contribution < 1.29 is 18.8 Å². The van der Waals surface area contributed by atoms with Crippen LogP contribution in [0.4, 0.5) is 10.1 Å². The van der Waals surface area contributed by atoms with E-state index < -0.39 is 10.7 Å². The normalized spacial score (nSPS) is 10.3. The minimum Gasteiger partial charge on any atom is -0.485 e. The van der Waals surface area contributed by atoms with Crippen LogP contribution in [0.25, 0.3) is 0 Å². The molecule has 0 spiro atoms. The van der Waals surface area contributed by atoms with Gasteiger partial charge in [-0.05, 0) is 49.7 Å². The Morgan fingerprint density at radius 3 is 2.41 bits per heavy atom. The molecule has 0 fully saturated rings. The lowest BCUT2D eigenvalue weighted by molar-refractivity contribution is -0.385. The van der Waals surface area contributed by atoms with E-state index in [9.17, 15) is 19.3 Å². The number of carbonyl (C=O) groups excluding carboxylic acids is 1. The summed E-state index contributed by atoms with van der Waals surface area (Å²) in [5.41, 5.74) is 1.34. The van der Waals surface area contributed by atoms with Crippen molar-refractivity contribution in [3.63, 3.8) is 0 Å². The van der Waals surface area contributed by atoms with Gasteiger partial charge < -0.3 is 4.74 Å². The molecule has 2 aromatic carbocycles. The average Bonchev–Trinajstić information content (AvgIpc) is 2.47. The molecule has 0 amide bonds. The highest BCUT2D eigenvalue weighted by Gasteiger charge is 2.18. The summed E-state index contributed by atoms with van der Waals surface area (Å²) >= 11 is 0. The lowest BCUT2D eigenvalue weighted by Gasteiger charge is -2.11. The Balaban J connectivity index is 2.18. The molecule has 114 valence electrons. The fourth-order valence-electron chi connectivity index (χ4n) is 2.09.